The highest BCUT2D eigenvalue weighted by molar-refractivity contribution is 5.67. The Labute approximate surface area is 155 Å². The van der Waals surface area contributed by atoms with E-state index in [-0.39, 0.29) is 0 Å². The molecule has 1 aromatic carbocycles. The van der Waals surface area contributed by atoms with Crippen molar-refractivity contribution in [3.63, 3.8) is 0 Å². The van der Waals surface area contributed by atoms with E-state index in [9.17, 15) is 4.79 Å². The van der Waals surface area contributed by atoms with Crippen LogP contribution in [-0.4, -0.2) is 25.9 Å². The van der Waals surface area contributed by atoms with Crippen LogP contribution in [0.2, 0.25) is 0 Å². The minimum atomic E-state index is -0.436. The number of nitrogens with zero attached hydrogens (tertiary/aromatic N) is 3. The fourth-order valence-corrected chi connectivity index (χ4v) is 2.39. The Balaban J connectivity index is 2.59. The summed E-state index contributed by atoms with van der Waals surface area (Å²) < 4.78 is 10.8. The molecule has 1 aromatic rings. The van der Waals surface area contributed by atoms with Crippen LogP contribution >= 0.6 is 0 Å². The molecule has 1 unspecified atom stereocenters. The summed E-state index contributed by atoms with van der Waals surface area (Å²) in [5.74, 6) is 1.46. The second-order valence-electron chi connectivity index (χ2n) is 6.85. The number of rotatable bonds is 11. The van der Waals surface area contributed by atoms with Gasteiger partial charge in [-0.25, -0.2) is 4.79 Å². The van der Waals surface area contributed by atoms with Crippen molar-refractivity contribution in [3.05, 3.63) is 34.2 Å². The Bertz CT molecular complexity index is 613. The highest BCUT2D eigenvalue weighted by atomic mass is 16.5. The maximum Gasteiger partial charge on any atom is 0.407 e. The fraction of sp³-hybridized carbons (Fsp3) is 0.632. The van der Waals surface area contributed by atoms with Crippen LogP contribution in [0, 0.1) is 11.8 Å². The number of alkyl carbamates (subject to hydrolysis) is 1. The third-order valence-corrected chi connectivity index (χ3v) is 3.74. The summed E-state index contributed by atoms with van der Waals surface area (Å²) >= 11 is 0. The second kappa shape index (κ2) is 12.0. The van der Waals surface area contributed by atoms with Gasteiger partial charge in [-0.1, -0.05) is 45.3 Å². The Hall–Kier alpha value is -2.40. The van der Waals surface area contributed by atoms with E-state index in [0.29, 0.717) is 49.5 Å². The van der Waals surface area contributed by atoms with Crippen molar-refractivity contribution in [2.75, 3.05) is 19.8 Å². The largest absolute Gasteiger partial charge is 0.493 e. The lowest BCUT2D eigenvalue weighted by Crippen LogP contribution is -2.27. The van der Waals surface area contributed by atoms with Crippen LogP contribution in [0.15, 0.2) is 23.3 Å². The van der Waals surface area contributed by atoms with Gasteiger partial charge in [0.2, 0.25) is 0 Å². The first kappa shape index (κ1) is 21.6. The van der Waals surface area contributed by atoms with Gasteiger partial charge in [0.05, 0.1) is 13.2 Å². The summed E-state index contributed by atoms with van der Waals surface area (Å²) in [5.41, 5.74) is 10.2. The zero-order valence-electron chi connectivity index (χ0n) is 16.2. The highest BCUT2D eigenvalue weighted by Gasteiger charge is 2.08. The molecule has 1 N–H and O–H groups in total. The third-order valence-electron chi connectivity index (χ3n) is 3.74. The van der Waals surface area contributed by atoms with Gasteiger partial charge in [-0.15, -0.1) is 0 Å². The maximum atomic E-state index is 11.6. The van der Waals surface area contributed by atoms with Gasteiger partial charge in [0.15, 0.2) is 0 Å². The molecule has 144 valence electrons. The van der Waals surface area contributed by atoms with Gasteiger partial charge in [0, 0.05) is 17.1 Å². The minimum absolute atomic E-state index is 0.296. The lowest BCUT2D eigenvalue weighted by atomic mass is 10.1. The zero-order valence-corrected chi connectivity index (χ0v) is 16.2. The molecule has 1 rings (SSSR count). The molecule has 0 aromatic heterocycles. The number of azide groups is 1. The van der Waals surface area contributed by atoms with Crippen LogP contribution in [0.3, 0.4) is 0 Å². The molecule has 0 aliphatic heterocycles. The molecular formula is C19H30N4O3. The lowest BCUT2D eigenvalue weighted by molar-refractivity contribution is 0.133. The summed E-state index contributed by atoms with van der Waals surface area (Å²) in [7, 11) is 0. The first-order valence-electron chi connectivity index (χ1n) is 9.17. The minimum Gasteiger partial charge on any atom is -0.493 e. The molecular weight excluding hydrogens is 332 g/mol. The van der Waals surface area contributed by atoms with Crippen molar-refractivity contribution in [1.82, 2.24) is 5.32 Å². The number of amides is 1. The zero-order chi connectivity index (χ0) is 19.4. The van der Waals surface area contributed by atoms with E-state index < -0.39 is 6.09 Å². The fourth-order valence-electron chi connectivity index (χ4n) is 2.39. The molecule has 7 nitrogen and oxygen atoms in total. The molecule has 0 spiro atoms. The molecule has 1 amide bonds. The third kappa shape index (κ3) is 8.62. The summed E-state index contributed by atoms with van der Waals surface area (Å²) in [6.07, 6.45) is 2.34. The van der Waals surface area contributed by atoms with E-state index in [0.717, 1.165) is 18.4 Å². The quantitative estimate of drug-likeness (QED) is 0.325. The molecule has 0 fully saturated rings. The van der Waals surface area contributed by atoms with Gasteiger partial charge >= 0.3 is 6.09 Å². The SMILES string of the molecule is CCCC(C)COc1ccc(CCNC(=O)OCC(C)C)c(N=[N+]=[N-])c1. The smallest absolute Gasteiger partial charge is 0.407 e. The van der Waals surface area contributed by atoms with Gasteiger partial charge in [-0.05, 0) is 47.9 Å². The average molecular weight is 362 g/mol. The van der Waals surface area contributed by atoms with E-state index in [1.165, 1.54) is 0 Å². The van der Waals surface area contributed by atoms with Crippen molar-refractivity contribution in [1.29, 1.82) is 0 Å². The molecule has 1 atom stereocenters. The monoisotopic (exact) mass is 362 g/mol. The van der Waals surface area contributed by atoms with Crippen LogP contribution in [-0.2, 0) is 11.2 Å². The number of benzene rings is 1. The molecule has 0 heterocycles. The summed E-state index contributed by atoms with van der Waals surface area (Å²) in [6, 6.07) is 5.47. The van der Waals surface area contributed by atoms with E-state index >= 15 is 0 Å². The molecule has 7 heteroatoms. The van der Waals surface area contributed by atoms with Crippen molar-refractivity contribution in [3.8, 4) is 5.75 Å². The first-order valence-corrected chi connectivity index (χ1v) is 9.17. The topological polar surface area (TPSA) is 96.3 Å². The number of ether oxygens (including phenoxy) is 2. The Morgan fingerprint density at radius 3 is 2.73 bits per heavy atom. The van der Waals surface area contributed by atoms with Crippen molar-refractivity contribution < 1.29 is 14.3 Å². The average Bonchev–Trinajstić information content (AvgIpc) is 2.60. The lowest BCUT2D eigenvalue weighted by Gasteiger charge is -2.14. The van der Waals surface area contributed by atoms with E-state index in [1.807, 2.05) is 26.0 Å². The Morgan fingerprint density at radius 1 is 1.31 bits per heavy atom. The van der Waals surface area contributed by atoms with Crippen LogP contribution in [0.4, 0.5) is 10.5 Å². The van der Waals surface area contributed by atoms with E-state index in [4.69, 9.17) is 15.0 Å². The number of hydrogen-bond acceptors (Lipinski definition) is 4. The predicted molar refractivity (Wildman–Crippen MR) is 103 cm³/mol. The van der Waals surface area contributed by atoms with Crippen LogP contribution < -0.4 is 10.1 Å². The Morgan fingerprint density at radius 2 is 2.08 bits per heavy atom. The standard InChI is InChI=1S/C19H30N4O3/c1-5-6-15(4)13-25-17-8-7-16(18(11-17)22-23-20)9-10-21-19(24)26-12-14(2)3/h7-8,11,14-15H,5-6,9-10,12-13H2,1-4H3,(H,21,24). The van der Waals surface area contributed by atoms with Crippen LogP contribution in [0.5, 0.6) is 5.75 Å². The van der Waals surface area contributed by atoms with Gasteiger partial charge in [-0.3, -0.25) is 0 Å². The number of nitrogens with one attached hydrogen (secondary N) is 1. The molecule has 26 heavy (non-hydrogen) atoms. The summed E-state index contributed by atoms with van der Waals surface area (Å²) in [5, 5.41) is 6.44. The molecule has 0 aliphatic rings. The normalized spacial score (nSPS) is 11.6. The van der Waals surface area contributed by atoms with Gasteiger partial charge < -0.3 is 14.8 Å². The van der Waals surface area contributed by atoms with Crippen LogP contribution in [0.25, 0.3) is 10.4 Å². The molecule has 0 bridgehead atoms. The maximum absolute atomic E-state index is 11.6. The first-order chi connectivity index (χ1) is 12.5. The van der Waals surface area contributed by atoms with Crippen molar-refractivity contribution in [2.24, 2.45) is 17.0 Å². The molecule has 0 saturated carbocycles. The van der Waals surface area contributed by atoms with Crippen molar-refractivity contribution in [2.45, 2.75) is 47.0 Å². The Kier molecular flexibility index (Phi) is 10.0. The molecule has 0 saturated heterocycles. The van der Waals surface area contributed by atoms with Gasteiger partial charge in [-0.2, -0.15) is 0 Å². The number of hydrogen-bond donors (Lipinski definition) is 1. The molecule has 0 radical (unpaired) electrons. The van der Waals surface area contributed by atoms with Gasteiger partial charge in [0.1, 0.15) is 5.75 Å². The van der Waals surface area contributed by atoms with Crippen LogP contribution in [0.1, 0.15) is 46.1 Å². The van der Waals surface area contributed by atoms with Gasteiger partial charge in [0.25, 0.3) is 0 Å². The van der Waals surface area contributed by atoms with E-state index in [2.05, 4.69) is 29.2 Å². The second-order valence-corrected chi connectivity index (χ2v) is 6.85. The summed E-state index contributed by atoms with van der Waals surface area (Å²) in [4.78, 5) is 14.5. The molecule has 0 aliphatic carbocycles. The predicted octanol–water partition coefficient (Wildman–Crippen LogP) is 5.37. The number of carbonyl (C=O) groups is 1. The summed E-state index contributed by atoms with van der Waals surface area (Å²) in [6.45, 7) is 9.68. The highest BCUT2D eigenvalue weighted by Crippen LogP contribution is 2.26. The van der Waals surface area contributed by atoms with Crippen molar-refractivity contribution >= 4 is 11.8 Å². The van der Waals surface area contributed by atoms with E-state index in [1.54, 1.807) is 6.07 Å². The number of carbonyl (C=O) groups excluding carboxylic acids is 1.